The Kier molecular flexibility index (Phi) is 3.92. The molecule has 0 nitrogen and oxygen atoms in total. The minimum Gasteiger partial charge on any atom is -0.0652 e. The highest BCUT2D eigenvalue weighted by atomic mass is 14.4. The Morgan fingerprint density at radius 2 is 1.38 bits per heavy atom. The van der Waals surface area contributed by atoms with Gasteiger partial charge in [0.05, 0.1) is 0 Å². The summed E-state index contributed by atoms with van der Waals surface area (Å²) in [4.78, 5) is 0. The quantitative estimate of drug-likeness (QED) is 0.582. The fraction of sp³-hybridized carbons (Fsp3) is 0.333. The number of allylic oxidation sites excluding steroid dienone is 2. The predicted octanol–water partition coefficient (Wildman–Crippen LogP) is 6.80. The summed E-state index contributed by atoms with van der Waals surface area (Å²) in [6.07, 6.45) is 7.27. The molecule has 2 aliphatic rings. The third kappa shape index (κ3) is 2.45. The summed E-state index contributed by atoms with van der Waals surface area (Å²) in [6.45, 7) is 6.99. The van der Waals surface area contributed by atoms with E-state index in [1.54, 1.807) is 0 Å². The van der Waals surface area contributed by atoms with E-state index in [2.05, 4.69) is 81.5 Å². The molecule has 0 heterocycles. The molecule has 122 valence electrons. The summed E-state index contributed by atoms with van der Waals surface area (Å²) in [5.74, 6) is 1.88. The Morgan fingerprint density at radius 1 is 0.792 bits per heavy atom. The molecular weight excluding hydrogens is 288 g/mol. The number of benzene rings is 2. The van der Waals surface area contributed by atoms with E-state index in [9.17, 15) is 0 Å². The lowest BCUT2D eigenvalue weighted by molar-refractivity contribution is 0.400. The average molecular weight is 314 g/mol. The molecule has 24 heavy (non-hydrogen) atoms. The highest BCUT2D eigenvalue weighted by Crippen LogP contribution is 2.48. The summed E-state index contributed by atoms with van der Waals surface area (Å²) in [6, 6.07) is 17.9. The summed E-state index contributed by atoms with van der Waals surface area (Å²) < 4.78 is 0. The van der Waals surface area contributed by atoms with Gasteiger partial charge in [0.25, 0.3) is 0 Å². The number of rotatable bonds is 4. The smallest absolute Gasteiger partial charge is 0.00831 e. The van der Waals surface area contributed by atoms with Gasteiger partial charge >= 0.3 is 0 Å². The van der Waals surface area contributed by atoms with E-state index in [-0.39, 0.29) is 0 Å². The Bertz CT molecular complexity index is 821. The van der Waals surface area contributed by atoms with Crippen LogP contribution in [0.15, 0.2) is 59.7 Å². The molecule has 4 rings (SSSR count). The van der Waals surface area contributed by atoms with Gasteiger partial charge in [0.2, 0.25) is 0 Å². The standard InChI is InChI=1S/C24H26/c1-4-18(24-17(3)14-20-10-6-8-12-22(20)24)15-23-16(2)13-19-9-5-7-11-21(19)23/h5-14,18,23-24H,4,15H2,1-3H3. The normalized spacial score (nSPS) is 22.6. The SMILES string of the molecule is CCC(CC1C(C)=Cc2ccccc21)C1C(C)=Cc2ccccc21. The Hall–Kier alpha value is -2.08. The Morgan fingerprint density at radius 3 is 2.08 bits per heavy atom. The van der Waals surface area contributed by atoms with Crippen LogP contribution in [0, 0.1) is 5.92 Å². The maximum Gasteiger partial charge on any atom is 0.00831 e. The molecule has 0 aromatic heterocycles. The van der Waals surface area contributed by atoms with Crippen LogP contribution in [0.5, 0.6) is 0 Å². The van der Waals surface area contributed by atoms with Crippen molar-refractivity contribution in [3.05, 3.63) is 81.9 Å². The molecule has 0 amide bonds. The first-order chi connectivity index (χ1) is 11.7. The molecule has 0 radical (unpaired) electrons. The molecule has 0 bridgehead atoms. The second kappa shape index (κ2) is 6.09. The van der Waals surface area contributed by atoms with E-state index in [1.165, 1.54) is 46.2 Å². The zero-order chi connectivity index (χ0) is 16.7. The molecule has 0 spiro atoms. The van der Waals surface area contributed by atoms with E-state index in [1.807, 2.05) is 0 Å². The van der Waals surface area contributed by atoms with Crippen LogP contribution < -0.4 is 0 Å². The highest BCUT2D eigenvalue weighted by molar-refractivity contribution is 5.67. The molecule has 2 aromatic rings. The van der Waals surface area contributed by atoms with Crippen LogP contribution in [0.1, 0.15) is 67.7 Å². The fourth-order valence-electron chi connectivity index (χ4n) is 4.84. The van der Waals surface area contributed by atoms with Gasteiger partial charge in [-0.25, -0.2) is 0 Å². The minimum absolute atomic E-state index is 0.590. The predicted molar refractivity (Wildman–Crippen MR) is 104 cm³/mol. The van der Waals surface area contributed by atoms with Crippen molar-refractivity contribution in [2.75, 3.05) is 0 Å². The molecule has 0 aliphatic heterocycles. The zero-order valence-electron chi connectivity index (χ0n) is 14.9. The van der Waals surface area contributed by atoms with E-state index in [4.69, 9.17) is 0 Å². The lowest BCUT2D eigenvalue weighted by Gasteiger charge is -2.29. The van der Waals surface area contributed by atoms with Gasteiger partial charge in [-0.3, -0.25) is 0 Å². The van der Waals surface area contributed by atoms with Gasteiger partial charge in [0.1, 0.15) is 0 Å². The van der Waals surface area contributed by atoms with E-state index >= 15 is 0 Å². The van der Waals surface area contributed by atoms with Crippen LogP contribution in [0.25, 0.3) is 12.2 Å². The summed E-state index contributed by atoms with van der Waals surface area (Å²) in [7, 11) is 0. The van der Waals surface area contributed by atoms with Crippen molar-refractivity contribution >= 4 is 12.2 Å². The Balaban J connectivity index is 1.65. The summed E-state index contributed by atoms with van der Waals surface area (Å²) in [5, 5.41) is 0. The van der Waals surface area contributed by atoms with Gasteiger partial charge in [-0.15, -0.1) is 0 Å². The molecule has 2 aromatic carbocycles. The molecule has 3 unspecified atom stereocenters. The van der Waals surface area contributed by atoms with Gasteiger partial charge in [-0.05, 0) is 48.4 Å². The zero-order valence-corrected chi connectivity index (χ0v) is 14.9. The maximum atomic E-state index is 2.40. The van der Waals surface area contributed by atoms with E-state index in [0.29, 0.717) is 17.8 Å². The molecule has 0 heteroatoms. The first-order valence-corrected chi connectivity index (χ1v) is 9.23. The average Bonchev–Trinajstić information content (AvgIpc) is 3.09. The van der Waals surface area contributed by atoms with Crippen molar-refractivity contribution in [2.24, 2.45) is 5.92 Å². The molecule has 2 aliphatic carbocycles. The fourth-order valence-corrected chi connectivity index (χ4v) is 4.84. The van der Waals surface area contributed by atoms with E-state index < -0.39 is 0 Å². The third-order valence-electron chi connectivity index (χ3n) is 6.04. The van der Waals surface area contributed by atoms with Crippen LogP contribution in [0.2, 0.25) is 0 Å². The van der Waals surface area contributed by atoms with Gasteiger partial charge in [-0.2, -0.15) is 0 Å². The molecular formula is C24H26. The third-order valence-corrected chi connectivity index (χ3v) is 6.04. The van der Waals surface area contributed by atoms with Gasteiger partial charge < -0.3 is 0 Å². The molecule has 0 N–H and O–H groups in total. The van der Waals surface area contributed by atoms with Crippen LogP contribution in [-0.2, 0) is 0 Å². The van der Waals surface area contributed by atoms with Crippen molar-refractivity contribution in [1.82, 2.24) is 0 Å². The lowest BCUT2D eigenvalue weighted by atomic mass is 9.75. The monoisotopic (exact) mass is 314 g/mol. The van der Waals surface area contributed by atoms with E-state index in [0.717, 1.165) is 0 Å². The van der Waals surface area contributed by atoms with Crippen LogP contribution in [0.4, 0.5) is 0 Å². The summed E-state index contributed by atoms with van der Waals surface area (Å²) >= 11 is 0. The number of fused-ring (bicyclic) bond motifs is 2. The molecule has 0 fully saturated rings. The summed E-state index contributed by atoms with van der Waals surface area (Å²) in [5.41, 5.74) is 8.99. The highest BCUT2D eigenvalue weighted by Gasteiger charge is 2.33. The van der Waals surface area contributed by atoms with Crippen molar-refractivity contribution in [2.45, 2.75) is 45.4 Å². The van der Waals surface area contributed by atoms with Gasteiger partial charge in [-0.1, -0.05) is 85.2 Å². The second-order valence-electron chi connectivity index (χ2n) is 7.47. The topological polar surface area (TPSA) is 0 Å². The van der Waals surface area contributed by atoms with Gasteiger partial charge in [0, 0.05) is 11.8 Å². The molecule has 3 atom stereocenters. The molecule has 0 saturated carbocycles. The van der Waals surface area contributed by atoms with Crippen molar-refractivity contribution < 1.29 is 0 Å². The minimum atomic E-state index is 0.590. The van der Waals surface area contributed by atoms with Gasteiger partial charge in [0.15, 0.2) is 0 Å². The first kappa shape index (κ1) is 15.4. The van der Waals surface area contributed by atoms with Crippen LogP contribution in [-0.4, -0.2) is 0 Å². The maximum absolute atomic E-state index is 2.40. The largest absolute Gasteiger partial charge is 0.0652 e. The second-order valence-corrected chi connectivity index (χ2v) is 7.47. The Labute approximate surface area is 145 Å². The number of hydrogen-bond acceptors (Lipinski definition) is 0. The van der Waals surface area contributed by atoms with Crippen molar-refractivity contribution in [3.63, 3.8) is 0 Å². The van der Waals surface area contributed by atoms with Crippen molar-refractivity contribution in [1.29, 1.82) is 0 Å². The lowest BCUT2D eigenvalue weighted by Crippen LogP contribution is -2.15. The van der Waals surface area contributed by atoms with Crippen molar-refractivity contribution in [3.8, 4) is 0 Å². The number of hydrogen-bond donors (Lipinski definition) is 0. The first-order valence-electron chi connectivity index (χ1n) is 9.23. The van der Waals surface area contributed by atoms with Crippen LogP contribution >= 0.6 is 0 Å². The van der Waals surface area contributed by atoms with Crippen LogP contribution in [0.3, 0.4) is 0 Å². The molecule has 0 saturated heterocycles.